The Morgan fingerprint density at radius 2 is 2.06 bits per heavy atom. The number of hydrogen-bond acceptors (Lipinski definition) is 1. The van der Waals surface area contributed by atoms with Crippen LogP contribution in [0.4, 0.5) is 0 Å². The van der Waals surface area contributed by atoms with Crippen molar-refractivity contribution < 1.29 is 4.43 Å². The average molecular weight is 236 g/mol. The summed E-state index contributed by atoms with van der Waals surface area (Å²) in [6.07, 6.45) is 14.8. The fourth-order valence-corrected chi connectivity index (χ4v) is 3.27. The van der Waals surface area contributed by atoms with E-state index >= 15 is 0 Å². The molecule has 0 amide bonds. The zero-order chi connectivity index (χ0) is 12.2. The molecule has 0 aromatic carbocycles. The molecule has 1 aliphatic rings. The van der Waals surface area contributed by atoms with E-state index in [-0.39, 0.29) is 11.5 Å². The molecular formula is C14H24OSi. The average Bonchev–Trinajstić information content (AvgIpc) is 2.12. The van der Waals surface area contributed by atoms with Gasteiger partial charge >= 0.3 is 0 Å². The van der Waals surface area contributed by atoms with Crippen LogP contribution in [0.15, 0.2) is 12.2 Å². The third-order valence-corrected chi connectivity index (χ3v) is 4.23. The quantitative estimate of drug-likeness (QED) is 0.398. The van der Waals surface area contributed by atoms with Crippen molar-refractivity contribution in [1.29, 1.82) is 0 Å². The Kier molecular flexibility index (Phi) is 4.40. The van der Waals surface area contributed by atoms with E-state index in [1.807, 2.05) is 0 Å². The lowest BCUT2D eigenvalue weighted by Crippen LogP contribution is -2.46. The summed E-state index contributed by atoms with van der Waals surface area (Å²) in [6.45, 7) is 8.69. The fourth-order valence-electron chi connectivity index (χ4n) is 2.25. The second-order valence-corrected chi connectivity index (χ2v) is 10.2. The third-order valence-electron chi connectivity index (χ3n) is 3.29. The molecule has 0 aromatic heterocycles. The lowest BCUT2D eigenvalue weighted by molar-refractivity contribution is 0.0142. The Labute approximate surface area is 101 Å². The van der Waals surface area contributed by atoms with E-state index < -0.39 is 8.32 Å². The molecule has 0 saturated heterocycles. The third kappa shape index (κ3) is 3.23. The van der Waals surface area contributed by atoms with Crippen LogP contribution in [0, 0.1) is 17.8 Å². The molecule has 1 saturated carbocycles. The van der Waals surface area contributed by atoms with Gasteiger partial charge in [0.25, 0.3) is 0 Å². The predicted molar refractivity (Wildman–Crippen MR) is 72.8 cm³/mol. The first-order chi connectivity index (χ1) is 7.43. The molecule has 0 spiro atoms. The van der Waals surface area contributed by atoms with Crippen molar-refractivity contribution in [2.45, 2.75) is 58.4 Å². The molecule has 16 heavy (non-hydrogen) atoms. The van der Waals surface area contributed by atoms with Crippen LogP contribution in [0.1, 0.15) is 32.6 Å². The number of rotatable bonds is 5. The molecule has 1 unspecified atom stereocenters. The standard InChI is InChI=1S/C14H24OSi/c1-6-8-10-14(11-9-12-14)13(7-2)15-16(3,4)5/h2,6,8,13H,9-12H2,1,3-5H3/b8-6-. The molecule has 1 fully saturated rings. The number of hydrogen-bond donors (Lipinski definition) is 0. The van der Waals surface area contributed by atoms with E-state index in [1.165, 1.54) is 19.3 Å². The molecule has 1 atom stereocenters. The van der Waals surface area contributed by atoms with Crippen molar-refractivity contribution in [2.24, 2.45) is 5.41 Å². The van der Waals surface area contributed by atoms with Gasteiger partial charge in [0.15, 0.2) is 8.32 Å². The molecule has 0 bridgehead atoms. The topological polar surface area (TPSA) is 9.23 Å². The van der Waals surface area contributed by atoms with Gasteiger partial charge in [-0.05, 0) is 45.8 Å². The van der Waals surface area contributed by atoms with E-state index in [2.05, 4.69) is 44.6 Å². The summed E-state index contributed by atoms with van der Waals surface area (Å²) < 4.78 is 6.16. The highest BCUT2D eigenvalue weighted by atomic mass is 28.4. The van der Waals surface area contributed by atoms with Crippen molar-refractivity contribution in [3.05, 3.63) is 12.2 Å². The van der Waals surface area contributed by atoms with Gasteiger partial charge in [-0.25, -0.2) is 0 Å². The Morgan fingerprint density at radius 1 is 1.44 bits per heavy atom. The molecule has 0 radical (unpaired) electrons. The summed E-state index contributed by atoms with van der Waals surface area (Å²) >= 11 is 0. The number of allylic oxidation sites excluding steroid dienone is 2. The molecule has 90 valence electrons. The molecule has 2 heteroatoms. The Hall–Kier alpha value is -0.523. The van der Waals surface area contributed by atoms with Gasteiger partial charge in [-0.15, -0.1) is 6.42 Å². The summed E-state index contributed by atoms with van der Waals surface area (Å²) in [5.41, 5.74) is 0.238. The van der Waals surface area contributed by atoms with Crippen LogP contribution in [0.3, 0.4) is 0 Å². The second-order valence-electron chi connectivity index (χ2n) is 5.77. The van der Waals surface area contributed by atoms with Crippen LogP contribution in [-0.2, 0) is 4.43 Å². The van der Waals surface area contributed by atoms with Crippen LogP contribution in [-0.4, -0.2) is 14.4 Å². The summed E-state index contributed by atoms with van der Waals surface area (Å²) in [5, 5.41) is 0. The van der Waals surface area contributed by atoms with Gasteiger partial charge in [0.1, 0.15) is 6.10 Å². The maximum atomic E-state index is 6.16. The summed E-state index contributed by atoms with van der Waals surface area (Å²) in [6, 6.07) is 0. The van der Waals surface area contributed by atoms with Crippen molar-refractivity contribution in [2.75, 3.05) is 0 Å². The SMILES string of the molecule is C#CC(O[Si](C)(C)C)C1(C/C=C\C)CCC1. The van der Waals surface area contributed by atoms with Crippen LogP contribution >= 0.6 is 0 Å². The van der Waals surface area contributed by atoms with Crippen LogP contribution in [0.2, 0.25) is 19.6 Å². The first-order valence-electron chi connectivity index (χ1n) is 6.19. The predicted octanol–water partition coefficient (Wildman–Crippen LogP) is 3.98. The highest BCUT2D eigenvalue weighted by Gasteiger charge is 2.44. The van der Waals surface area contributed by atoms with Crippen LogP contribution < -0.4 is 0 Å². The molecule has 0 heterocycles. The summed E-state index contributed by atoms with van der Waals surface area (Å²) in [5.74, 6) is 2.89. The summed E-state index contributed by atoms with van der Waals surface area (Å²) in [7, 11) is -1.54. The van der Waals surface area contributed by atoms with Gasteiger partial charge < -0.3 is 4.43 Å². The van der Waals surface area contributed by atoms with Crippen molar-refractivity contribution in [1.82, 2.24) is 0 Å². The summed E-state index contributed by atoms with van der Waals surface area (Å²) in [4.78, 5) is 0. The van der Waals surface area contributed by atoms with E-state index in [9.17, 15) is 0 Å². The van der Waals surface area contributed by atoms with Gasteiger partial charge in [0.2, 0.25) is 0 Å². The highest BCUT2D eigenvalue weighted by molar-refractivity contribution is 6.69. The molecule has 1 aliphatic carbocycles. The molecule has 1 nitrogen and oxygen atoms in total. The van der Waals surface area contributed by atoms with Crippen molar-refractivity contribution in [3.63, 3.8) is 0 Å². The largest absolute Gasteiger partial charge is 0.404 e. The number of terminal acetylenes is 1. The molecule has 1 rings (SSSR count). The molecular weight excluding hydrogens is 212 g/mol. The van der Waals surface area contributed by atoms with E-state index in [1.54, 1.807) is 0 Å². The van der Waals surface area contributed by atoms with Gasteiger partial charge in [0, 0.05) is 5.41 Å². The van der Waals surface area contributed by atoms with Crippen LogP contribution in [0.5, 0.6) is 0 Å². The first kappa shape index (κ1) is 13.5. The fraction of sp³-hybridized carbons (Fsp3) is 0.714. The maximum Gasteiger partial charge on any atom is 0.185 e. The van der Waals surface area contributed by atoms with Crippen molar-refractivity contribution >= 4 is 8.32 Å². The smallest absolute Gasteiger partial charge is 0.185 e. The normalized spacial score (nSPS) is 21.4. The first-order valence-corrected chi connectivity index (χ1v) is 9.59. The Bertz CT molecular complexity index is 289. The van der Waals surface area contributed by atoms with Gasteiger partial charge in [0.05, 0.1) is 0 Å². The maximum absolute atomic E-state index is 6.16. The zero-order valence-electron chi connectivity index (χ0n) is 11.0. The highest BCUT2D eigenvalue weighted by Crippen LogP contribution is 2.48. The lowest BCUT2D eigenvalue weighted by atomic mass is 9.63. The molecule has 0 aromatic rings. The van der Waals surface area contributed by atoms with Crippen LogP contribution in [0.25, 0.3) is 0 Å². The second kappa shape index (κ2) is 5.20. The minimum atomic E-state index is -1.54. The van der Waals surface area contributed by atoms with Crippen molar-refractivity contribution in [3.8, 4) is 12.3 Å². The van der Waals surface area contributed by atoms with Gasteiger partial charge in [-0.2, -0.15) is 0 Å². The molecule has 0 N–H and O–H groups in total. The van der Waals surface area contributed by atoms with Gasteiger partial charge in [-0.1, -0.05) is 24.5 Å². The molecule has 0 aliphatic heterocycles. The Balaban J connectivity index is 2.73. The van der Waals surface area contributed by atoms with E-state index in [0.29, 0.717) is 0 Å². The zero-order valence-corrected chi connectivity index (χ0v) is 12.0. The lowest BCUT2D eigenvalue weighted by Gasteiger charge is -2.47. The van der Waals surface area contributed by atoms with E-state index in [0.717, 1.165) is 6.42 Å². The minimum absolute atomic E-state index is 0.0177. The monoisotopic (exact) mass is 236 g/mol. The van der Waals surface area contributed by atoms with E-state index in [4.69, 9.17) is 10.8 Å². The minimum Gasteiger partial charge on any atom is -0.404 e. The Morgan fingerprint density at radius 3 is 2.38 bits per heavy atom. The van der Waals surface area contributed by atoms with Gasteiger partial charge in [-0.3, -0.25) is 0 Å².